The van der Waals surface area contributed by atoms with Crippen molar-refractivity contribution in [3.63, 3.8) is 0 Å². The third-order valence-corrected chi connectivity index (χ3v) is 6.79. The van der Waals surface area contributed by atoms with Crippen LogP contribution in [0.25, 0.3) is 0 Å². The standard InChI is InChI=1S/C25H27FN4O5/c1-34-19-4-2-3-18(11-19)27-25(33)28-9-10-29-22(14-28)24(32)30-13-20(12-21(30)23(29)31)35-15-16-5-7-17(26)8-6-16/h2-8,11,20-22H,9-10,12-15H2,1H3,(H,27,33). The van der Waals surface area contributed by atoms with Crippen molar-refractivity contribution in [3.05, 3.63) is 59.9 Å². The lowest BCUT2D eigenvalue weighted by Gasteiger charge is -2.47. The van der Waals surface area contributed by atoms with E-state index < -0.39 is 12.1 Å². The van der Waals surface area contributed by atoms with E-state index in [1.165, 1.54) is 12.1 Å². The molecule has 3 aliphatic rings. The number of benzene rings is 2. The maximum atomic E-state index is 13.3. The molecule has 3 saturated heterocycles. The minimum Gasteiger partial charge on any atom is -0.497 e. The average molecular weight is 483 g/mol. The van der Waals surface area contributed by atoms with E-state index in [0.717, 1.165) is 5.56 Å². The smallest absolute Gasteiger partial charge is 0.321 e. The molecule has 1 N–H and O–H groups in total. The highest BCUT2D eigenvalue weighted by molar-refractivity contribution is 5.99. The monoisotopic (exact) mass is 482 g/mol. The van der Waals surface area contributed by atoms with Crippen molar-refractivity contribution in [2.45, 2.75) is 31.2 Å². The van der Waals surface area contributed by atoms with Gasteiger partial charge in [0, 0.05) is 37.8 Å². The second kappa shape index (κ2) is 9.53. The number of methoxy groups -OCH3 is 1. The zero-order valence-corrected chi connectivity index (χ0v) is 19.4. The first-order valence-electron chi connectivity index (χ1n) is 11.6. The highest BCUT2D eigenvalue weighted by Gasteiger charge is 2.52. The van der Waals surface area contributed by atoms with E-state index in [4.69, 9.17) is 9.47 Å². The van der Waals surface area contributed by atoms with Crippen LogP contribution in [0.15, 0.2) is 48.5 Å². The number of piperazine rings is 2. The SMILES string of the molecule is COc1cccc(NC(=O)N2CCN3C(=O)C4CC(OCc5ccc(F)cc5)CN4C(=O)C3C2)c1. The van der Waals surface area contributed by atoms with Crippen LogP contribution in [0, 0.1) is 5.82 Å². The van der Waals surface area contributed by atoms with E-state index in [0.29, 0.717) is 37.5 Å². The number of nitrogens with one attached hydrogen (secondary N) is 1. The summed E-state index contributed by atoms with van der Waals surface area (Å²) in [5, 5.41) is 2.83. The number of hydrogen-bond donors (Lipinski definition) is 1. The summed E-state index contributed by atoms with van der Waals surface area (Å²) >= 11 is 0. The summed E-state index contributed by atoms with van der Waals surface area (Å²) < 4.78 is 24.3. The summed E-state index contributed by atoms with van der Waals surface area (Å²) in [6, 6.07) is 11.5. The summed E-state index contributed by atoms with van der Waals surface area (Å²) in [6.45, 7) is 1.36. The number of rotatable bonds is 5. The minimum atomic E-state index is -0.709. The lowest BCUT2D eigenvalue weighted by Crippen LogP contribution is -2.69. The van der Waals surface area contributed by atoms with Crippen LogP contribution in [0.2, 0.25) is 0 Å². The maximum absolute atomic E-state index is 13.3. The van der Waals surface area contributed by atoms with Gasteiger partial charge in [0.2, 0.25) is 11.8 Å². The Hall–Kier alpha value is -3.66. The predicted octanol–water partition coefficient (Wildman–Crippen LogP) is 2.08. The lowest BCUT2D eigenvalue weighted by atomic mass is 10.0. The van der Waals surface area contributed by atoms with E-state index in [1.54, 1.807) is 58.2 Å². The Morgan fingerprint density at radius 1 is 1.03 bits per heavy atom. The molecular weight excluding hydrogens is 455 g/mol. The van der Waals surface area contributed by atoms with Gasteiger partial charge in [-0.2, -0.15) is 0 Å². The Morgan fingerprint density at radius 2 is 1.80 bits per heavy atom. The van der Waals surface area contributed by atoms with Gasteiger partial charge in [0.05, 0.1) is 26.4 Å². The number of carbonyl (C=O) groups excluding carboxylic acids is 3. The van der Waals surface area contributed by atoms with Gasteiger partial charge in [0.15, 0.2) is 0 Å². The predicted molar refractivity (Wildman–Crippen MR) is 124 cm³/mol. The van der Waals surface area contributed by atoms with Crippen LogP contribution in [-0.2, 0) is 20.9 Å². The van der Waals surface area contributed by atoms with Gasteiger partial charge in [-0.25, -0.2) is 9.18 Å². The zero-order chi connectivity index (χ0) is 24.5. The van der Waals surface area contributed by atoms with Crippen LogP contribution >= 0.6 is 0 Å². The molecule has 0 aromatic heterocycles. The van der Waals surface area contributed by atoms with Gasteiger partial charge in [-0.15, -0.1) is 0 Å². The molecule has 184 valence electrons. The molecule has 5 rings (SSSR count). The Balaban J connectivity index is 1.21. The summed E-state index contributed by atoms with van der Waals surface area (Å²) in [7, 11) is 1.55. The van der Waals surface area contributed by atoms with Crippen LogP contribution in [0.1, 0.15) is 12.0 Å². The largest absolute Gasteiger partial charge is 0.497 e. The molecule has 3 atom stereocenters. The second-order valence-corrected chi connectivity index (χ2v) is 8.96. The first kappa shape index (κ1) is 23.1. The number of hydrogen-bond acceptors (Lipinski definition) is 5. The number of anilines is 1. The molecule has 9 nitrogen and oxygen atoms in total. The maximum Gasteiger partial charge on any atom is 0.321 e. The van der Waals surface area contributed by atoms with Gasteiger partial charge >= 0.3 is 6.03 Å². The molecule has 4 amide bonds. The quantitative estimate of drug-likeness (QED) is 0.705. The normalized spacial score (nSPS) is 23.7. The number of fused-ring (bicyclic) bond motifs is 2. The molecular formula is C25H27FN4O5. The molecule has 3 heterocycles. The number of ether oxygens (including phenoxy) is 2. The lowest BCUT2D eigenvalue weighted by molar-refractivity contribution is -0.162. The summed E-state index contributed by atoms with van der Waals surface area (Å²) in [4.78, 5) is 44.1. The molecule has 0 bridgehead atoms. The minimum absolute atomic E-state index is 0.102. The summed E-state index contributed by atoms with van der Waals surface area (Å²) in [5.74, 6) is 0.0412. The van der Waals surface area contributed by atoms with Crippen LogP contribution in [-0.4, -0.2) is 84.0 Å². The second-order valence-electron chi connectivity index (χ2n) is 8.96. The van der Waals surface area contributed by atoms with Gasteiger partial charge in [0.25, 0.3) is 0 Å². The van der Waals surface area contributed by atoms with Gasteiger partial charge in [0.1, 0.15) is 23.7 Å². The van der Waals surface area contributed by atoms with Crippen LogP contribution in [0.3, 0.4) is 0 Å². The molecule has 0 aliphatic carbocycles. The van der Waals surface area contributed by atoms with E-state index in [9.17, 15) is 18.8 Å². The fourth-order valence-electron chi connectivity index (χ4n) is 4.92. The molecule has 0 spiro atoms. The molecule has 3 fully saturated rings. The van der Waals surface area contributed by atoms with Gasteiger partial charge < -0.3 is 29.5 Å². The molecule has 3 aliphatic heterocycles. The highest BCUT2D eigenvalue weighted by atomic mass is 19.1. The van der Waals surface area contributed by atoms with Crippen molar-refractivity contribution < 1.29 is 28.2 Å². The van der Waals surface area contributed by atoms with Crippen molar-refractivity contribution in [2.75, 3.05) is 38.6 Å². The number of carbonyl (C=O) groups is 3. The number of urea groups is 1. The van der Waals surface area contributed by atoms with E-state index in [-0.39, 0.29) is 42.9 Å². The van der Waals surface area contributed by atoms with Crippen molar-refractivity contribution in [1.82, 2.24) is 14.7 Å². The molecule has 0 radical (unpaired) electrons. The highest BCUT2D eigenvalue weighted by Crippen LogP contribution is 2.31. The fourth-order valence-corrected chi connectivity index (χ4v) is 4.92. The van der Waals surface area contributed by atoms with Crippen molar-refractivity contribution in [2.24, 2.45) is 0 Å². The van der Waals surface area contributed by atoms with Gasteiger partial charge in [-0.05, 0) is 29.8 Å². The molecule has 3 unspecified atom stereocenters. The molecule has 0 saturated carbocycles. The van der Waals surface area contributed by atoms with Crippen molar-refractivity contribution in [1.29, 1.82) is 0 Å². The van der Waals surface area contributed by atoms with Crippen molar-refractivity contribution in [3.8, 4) is 5.75 Å². The van der Waals surface area contributed by atoms with Crippen LogP contribution in [0.5, 0.6) is 5.75 Å². The Morgan fingerprint density at radius 3 is 2.57 bits per heavy atom. The van der Waals surface area contributed by atoms with E-state index >= 15 is 0 Å². The zero-order valence-electron chi connectivity index (χ0n) is 19.4. The van der Waals surface area contributed by atoms with Crippen molar-refractivity contribution >= 4 is 23.5 Å². The fraction of sp³-hybridized carbons (Fsp3) is 0.400. The number of halogens is 1. The van der Waals surface area contributed by atoms with Gasteiger partial charge in [-0.1, -0.05) is 18.2 Å². The molecule has 35 heavy (non-hydrogen) atoms. The Kier molecular flexibility index (Phi) is 6.29. The molecule has 2 aromatic rings. The molecule has 2 aromatic carbocycles. The topological polar surface area (TPSA) is 91.4 Å². The summed E-state index contributed by atoms with van der Waals surface area (Å²) in [6.07, 6.45) is 0.140. The summed E-state index contributed by atoms with van der Waals surface area (Å²) in [5.41, 5.74) is 1.41. The number of amides is 4. The van der Waals surface area contributed by atoms with Gasteiger partial charge in [-0.3, -0.25) is 9.59 Å². The van der Waals surface area contributed by atoms with E-state index in [2.05, 4.69) is 5.32 Å². The third-order valence-electron chi connectivity index (χ3n) is 6.79. The first-order valence-corrected chi connectivity index (χ1v) is 11.6. The Labute approximate surface area is 202 Å². The van der Waals surface area contributed by atoms with Crippen LogP contribution < -0.4 is 10.1 Å². The average Bonchev–Trinajstić information content (AvgIpc) is 3.31. The van der Waals surface area contributed by atoms with Crippen LogP contribution in [0.4, 0.5) is 14.9 Å². The third kappa shape index (κ3) is 4.66. The van der Waals surface area contributed by atoms with E-state index in [1.807, 2.05) is 0 Å². The molecule has 10 heteroatoms. The first-order chi connectivity index (χ1) is 16.9. The number of nitrogens with zero attached hydrogens (tertiary/aromatic N) is 3. The Bertz CT molecular complexity index is 1130.